The number of nitrogens with one attached hydrogen (secondary N) is 3. The SMILES string of the molecule is NCc1ccc2nc(Cc3nc4ccc(C(=O)NCCc5ccc6ccccc6c5)cc4[nH]3)[nH]c2c1. The summed E-state index contributed by atoms with van der Waals surface area (Å²) in [7, 11) is 0. The molecule has 0 aliphatic heterocycles. The monoisotopic (exact) mass is 474 g/mol. The second kappa shape index (κ2) is 9.28. The van der Waals surface area contributed by atoms with Gasteiger partial charge in [-0.15, -0.1) is 0 Å². The van der Waals surface area contributed by atoms with Gasteiger partial charge < -0.3 is 21.0 Å². The molecule has 0 bridgehead atoms. The Morgan fingerprint density at radius 1 is 0.778 bits per heavy atom. The normalized spacial score (nSPS) is 11.5. The lowest BCUT2D eigenvalue weighted by Gasteiger charge is -2.07. The quantitative estimate of drug-likeness (QED) is 0.271. The Labute approximate surface area is 207 Å². The Kier molecular flexibility index (Phi) is 5.67. The third-order valence-electron chi connectivity index (χ3n) is 6.47. The van der Waals surface area contributed by atoms with Crippen molar-refractivity contribution in [1.29, 1.82) is 0 Å². The van der Waals surface area contributed by atoms with Crippen LogP contribution in [0.15, 0.2) is 78.9 Å². The molecular formula is C29H26N6O. The first kappa shape index (κ1) is 22.0. The zero-order valence-electron chi connectivity index (χ0n) is 19.7. The molecule has 0 saturated carbocycles. The first-order valence-corrected chi connectivity index (χ1v) is 12.1. The maximum Gasteiger partial charge on any atom is 0.251 e. The molecule has 0 aliphatic rings. The zero-order valence-corrected chi connectivity index (χ0v) is 19.7. The minimum atomic E-state index is -0.0955. The third-order valence-corrected chi connectivity index (χ3v) is 6.47. The van der Waals surface area contributed by atoms with Gasteiger partial charge in [-0.2, -0.15) is 0 Å². The van der Waals surface area contributed by atoms with Crippen LogP contribution in [0.25, 0.3) is 32.8 Å². The van der Waals surface area contributed by atoms with E-state index in [0.717, 1.165) is 45.7 Å². The topological polar surface area (TPSA) is 112 Å². The van der Waals surface area contributed by atoms with Crippen molar-refractivity contribution in [3.63, 3.8) is 0 Å². The summed E-state index contributed by atoms with van der Waals surface area (Å²) in [6, 6.07) is 26.2. The fourth-order valence-electron chi connectivity index (χ4n) is 4.58. The molecule has 6 aromatic rings. The number of aromatic nitrogens is 4. The molecule has 0 aliphatic carbocycles. The van der Waals surface area contributed by atoms with Gasteiger partial charge in [-0.3, -0.25) is 4.79 Å². The van der Waals surface area contributed by atoms with Gasteiger partial charge in [0.05, 0.1) is 28.5 Å². The number of nitrogens with two attached hydrogens (primary N) is 1. The summed E-state index contributed by atoms with van der Waals surface area (Å²) in [6.07, 6.45) is 1.31. The van der Waals surface area contributed by atoms with Crippen LogP contribution in [-0.2, 0) is 19.4 Å². The molecule has 7 heteroatoms. The Morgan fingerprint density at radius 2 is 1.47 bits per heavy atom. The summed E-state index contributed by atoms with van der Waals surface area (Å²) in [5.74, 6) is 1.52. The first-order chi connectivity index (χ1) is 17.6. The summed E-state index contributed by atoms with van der Waals surface area (Å²) in [5.41, 5.74) is 12.1. The van der Waals surface area contributed by atoms with E-state index in [1.807, 2.05) is 48.5 Å². The van der Waals surface area contributed by atoms with E-state index in [-0.39, 0.29) is 5.91 Å². The van der Waals surface area contributed by atoms with E-state index in [1.54, 1.807) is 0 Å². The number of carbonyl (C=O) groups excluding carboxylic acids is 1. The predicted molar refractivity (Wildman–Crippen MR) is 143 cm³/mol. The van der Waals surface area contributed by atoms with Crippen molar-refractivity contribution < 1.29 is 4.79 Å². The molecule has 0 fully saturated rings. The van der Waals surface area contributed by atoms with E-state index in [1.165, 1.54) is 16.3 Å². The number of carbonyl (C=O) groups is 1. The molecule has 0 saturated heterocycles. The van der Waals surface area contributed by atoms with Crippen LogP contribution in [0, 0.1) is 0 Å². The molecule has 7 nitrogen and oxygen atoms in total. The summed E-state index contributed by atoms with van der Waals surface area (Å²) in [4.78, 5) is 28.8. The van der Waals surface area contributed by atoms with Gasteiger partial charge in [-0.25, -0.2) is 9.97 Å². The van der Waals surface area contributed by atoms with Crippen LogP contribution in [0.1, 0.15) is 33.1 Å². The molecule has 2 heterocycles. The highest BCUT2D eigenvalue weighted by Crippen LogP contribution is 2.19. The molecule has 0 radical (unpaired) electrons. The fourth-order valence-corrected chi connectivity index (χ4v) is 4.58. The molecule has 1 amide bonds. The van der Waals surface area contributed by atoms with Crippen LogP contribution in [0.2, 0.25) is 0 Å². The average Bonchev–Trinajstić information content (AvgIpc) is 3.50. The number of benzene rings is 4. The number of imidazole rings is 2. The van der Waals surface area contributed by atoms with E-state index in [4.69, 9.17) is 5.73 Å². The highest BCUT2D eigenvalue weighted by molar-refractivity contribution is 5.97. The second-order valence-corrected chi connectivity index (χ2v) is 9.02. The Morgan fingerprint density at radius 3 is 2.25 bits per heavy atom. The number of rotatable bonds is 7. The zero-order chi connectivity index (χ0) is 24.5. The minimum absolute atomic E-state index is 0.0955. The van der Waals surface area contributed by atoms with Crippen LogP contribution < -0.4 is 11.1 Å². The summed E-state index contributed by atoms with van der Waals surface area (Å²) in [6.45, 7) is 1.06. The molecule has 5 N–H and O–H groups in total. The number of hydrogen-bond donors (Lipinski definition) is 4. The van der Waals surface area contributed by atoms with Crippen LogP contribution >= 0.6 is 0 Å². The van der Waals surface area contributed by atoms with Crippen LogP contribution in [0.4, 0.5) is 0 Å². The molecule has 36 heavy (non-hydrogen) atoms. The number of H-pyrrole nitrogens is 2. The Balaban J connectivity index is 1.12. The maximum atomic E-state index is 12.8. The van der Waals surface area contributed by atoms with Crippen molar-refractivity contribution in [3.05, 3.63) is 107 Å². The van der Waals surface area contributed by atoms with Crippen molar-refractivity contribution >= 4 is 38.7 Å². The lowest BCUT2D eigenvalue weighted by Crippen LogP contribution is -2.25. The van der Waals surface area contributed by atoms with Crippen LogP contribution in [0.3, 0.4) is 0 Å². The summed E-state index contributed by atoms with van der Waals surface area (Å²) < 4.78 is 0. The number of aromatic amines is 2. The Hall–Kier alpha value is -4.49. The van der Waals surface area contributed by atoms with Crippen LogP contribution in [0.5, 0.6) is 0 Å². The summed E-state index contributed by atoms with van der Waals surface area (Å²) >= 11 is 0. The standard InChI is InChI=1S/C29H26N6O/c30-17-19-6-9-23-25(14-19)34-27(32-23)16-28-33-24-10-8-22(15-26(24)35-28)29(36)31-12-11-18-5-7-20-3-1-2-4-21(20)13-18/h1-10,13-15H,11-12,16-17,30H2,(H,31,36)(H,32,34)(H,33,35). The maximum absolute atomic E-state index is 12.8. The van der Waals surface area contributed by atoms with Crippen molar-refractivity contribution in [2.75, 3.05) is 6.54 Å². The van der Waals surface area contributed by atoms with Crippen molar-refractivity contribution in [3.8, 4) is 0 Å². The largest absolute Gasteiger partial charge is 0.352 e. The van der Waals surface area contributed by atoms with Gasteiger partial charge in [0.2, 0.25) is 0 Å². The smallest absolute Gasteiger partial charge is 0.251 e. The van der Waals surface area contributed by atoms with E-state index in [2.05, 4.69) is 55.6 Å². The Bertz CT molecular complexity index is 1710. The number of nitrogens with zero attached hydrogens (tertiary/aromatic N) is 2. The van der Waals surface area contributed by atoms with E-state index >= 15 is 0 Å². The van der Waals surface area contributed by atoms with Gasteiger partial charge in [0.25, 0.3) is 5.91 Å². The van der Waals surface area contributed by atoms with E-state index in [0.29, 0.717) is 25.1 Å². The molecule has 2 aromatic heterocycles. The van der Waals surface area contributed by atoms with Gasteiger partial charge in [0, 0.05) is 18.7 Å². The van der Waals surface area contributed by atoms with Crippen molar-refractivity contribution in [2.45, 2.75) is 19.4 Å². The molecular weight excluding hydrogens is 448 g/mol. The highest BCUT2D eigenvalue weighted by Gasteiger charge is 2.11. The summed E-state index contributed by atoms with van der Waals surface area (Å²) in [5, 5.41) is 5.47. The van der Waals surface area contributed by atoms with Gasteiger partial charge >= 0.3 is 0 Å². The first-order valence-electron chi connectivity index (χ1n) is 12.1. The molecule has 6 rings (SSSR count). The molecule has 178 valence electrons. The fraction of sp³-hybridized carbons (Fsp3) is 0.138. The third kappa shape index (κ3) is 4.44. The molecule has 0 spiro atoms. The highest BCUT2D eigenvalue weighted by atomic mass is 16.1. The number of fused-ring (bicyclic) bond motifs is 3. The van der Waals surface area contributed by atoms with Crippen LogP contribution in [-0.4, -0.2) is 32.4 Å². The van der Waals surface area contributed by atoms with Gasteiger partial charge in [0.15, 0.2) is 0 Å². The molecule has 0 unspecified atom stereocenters. The lowest BCUT2D eigenvalue weighted by atomic mass is 10.1. The van der Waals surface area contributed by atoms with Crippen molar-refractivity contribution in [2.24, 2.45) is 5.73 Å². The van der Waals surface area contributed by atoms with E-state index in [9.17, 15) is 4.79 Å². The van der Waals surface area contributed by atoms with Gasteiger partial charge in [-0.05, 0) is 58.7 Å². The average molecular weight is 475 g/mol. The second-order valence-electron chi connectivity index (χ2n) is 9.02. The predicted octanol–water partition coefficient (Wildman–Crippen LogP) is 4.61. The lowest BCUT2D eigenvalue weighted by molar-refractivity contribution is 0.0954. The van der Waals surface area contributed by atoms with Gasteiger partial charge in [0.1, 0.15) is 11.6 Å². The number of hydrogen-bond acceptors (Lipinski definition) is 4. The molecule has 0 atom stereocenters. The minimum Gasteiger partial charge on any atom is -0.352 e. The molecule has 4 aromatic carbocycles. The van der Waals surface area contributed by atoms with E-state index < -0.39 is 0 Å². The number of amides is 1. The van der Waals surface area contributed by atoms with Crippen molar-refractivity contribution in [1.82, 2.24) is 25.3 Å². The van der Waals surface area contributed by atoms with Gasteiger partial charge in [-0.1, -0.05) is 48.5 Å².